The number of hydrogen-bond acceptors (Lipinski definition) is 3. The Balaban J connectivity index is 1.88. The molecule has 0 atom stereocenters. The Morgan fingerprint density at radius 2 is 1.91 bits per heavy atom. The van der Waals surface area contributed by atoms with E-state index in [0.29, 0.717) is 23.6 Å². The Hall–Kier alpha value is -1.59. The second kappa shape index (κ2) is 7.11. The second-order valence-corrected chi connectivity index (χ2v) is 6.31. The number of carbonyl (C=O) groups is 2. The van der Waals surface area contributed by atoms with Crippen molar-refractivity contribution in [3.05, 3.63) is 28.8 Å². The van der Waals surface area contributed by atoms with Crippen LogP contribution in [-0.2, 0) is 9.59 Å². The summed E-state index contributed by atoms with van der Waals surface area (Å²) in [5, 5.41) is 15.7. The summed E-state index contributed by atoms with van der Waals surface area (Å²) in [7, 11) is 0. The maximum Gasteiger partial charge on any atom is 0.313 e. The Labute approximate surface area is 135 Å². The fraction of sp³-hybridized carbons (Fsp3) is 0.500. The van der Waals surface area contributed by atoms with Crippen LogP contribution in [-0.4, -0.2) is 29.1 Å². The maximum atomic E-state index is 11.9. The predicted molar refractivity (Wildman–Crippen MR) is 85.9 cm³/mol. The van der Waals surface area contributed by atoms with Gasteiger partial charge in [-0.3, -0.25) is 9.59 Å². The third kappa shape index (κ3) is 4.45. The number of rotatable bonds is 3. The van der Waals surface area contributed by atoms with Gasteiger partial charge in [0, 0.05) is 6.54 Å². The van der Waals surface area contributed by atoms with Gasteiger partial charge >= 0.3 is 11.8 Å². The number of carbonyl (C=O) groups excluding carboxylic acids is 2. The van der Waals surface area contributed by atoms with Gasteiger partial charge in [0.15, 0.2) is 0 Å². The highest BCUT2D eigenvalue weighted by Crippen LogP contribution is 2.27. The first-order valence-electron chi connectivity index (χ1n) is 7.47. The van der Waals surface area contributed by atoms with Crippen LogP contribution in [0, 0.1) is 6.92 Å². The summed E-state index contributed by atoms with van der Waals surface area (Å²) in [5.74, 6) is -1.55. The summed E-state index contributed by atoms with van der Waals surface area (Å²) < 4.78 is 0. The van der Waals surface area contributed by atoms with Crippen LogP contribution in [0.4, 0.5) is 5.69 Å². The summed E-state index contributed by atoms with van der Waals surface area (Å²) in [4.78, 5) is 23.7. The average molecular weight is 325 g/mol. The van der Waals surface area contributed by atoms with Crippen LogP contribution >= 0.6 is 11.6 Å². The number of hydrogen-bond donors (Lipinski definition) is 3. The predicted octanol–water partition coefficient (Wildman–Crippen LogP) is 2.40. The zero-order valence-corrected chi connectivity index (χ0v) is 13.4. The molecule has 1 aliphatic carbocycles. The van der Waals surface area contributed by atoms with Crippen molar-refractivity contribution in [1.82, 2.24) is 5.32 Å². The molecular formula is C16H21ClN2O3. The average Bonchev–Trinajstić information content (AvgIpc) is 2.48. The molecule has 5 nitrogen and oxygen atoms in total. The van der Waals surface area contributed by atoms with Gasteiger partial charge in [-0.1, -0.05) is 36.9 Å². The minimum absolute atomic E-state index is 0.0981. The summed E-state index contributed by atoms with van der Waals surface area (Å²) in [6, 6.07) is 5.15. The van der Waals surface area contributed by atoms with E-state index in [0.717, 1.165) is 24.8 Å². The summed E-state index contributed by atoms with van der Waals surface area (Å²) >= 11 is 6.01. The van der Waals surface area contributed by atoms with Crippen LogP contribution < -0.4 is 10.6 Å². The molecule has 2 amide bonds. The van der Waals surface area contributed by atoms with Crippen molar-refractivity contribution in [1.29, 1.82) is 0 Å². The number of halogens is 1. The smallest absolute Gasteiger partial charge is 0.313 e. The Kier molecular flexibility index (Phi) is 5.42. The zero-order chi connectivity index (χ0) is 16.2. The lowest BCUT2D eigenvalue weighted by Gasteiger charge is -2.31. The second-order valence-electron chi connectivity index (χ2n) is 5.91. The lowest BCUT2D eigenvalue weighted by Crippen LogP contribution is -2.47. The number of aryl methyl sites for hydroxylation is 1. The maximum absolute atomic E-state index is 11.9. The quantitative estimate of drug-likeness (QED) is 0.747. The largest absolute Gasteiger partial charge is 0.388 e. The fourth-order valence-electron chi connectivity index (χ4n) is 2.61. The van der Waals surface area contributed by atoms with E-state index in [1.54, 1.807) is 18.2 Å². The van der Waals surface area contributed by atoms with Gasteiger partial charge in [0.1, 0.15) is 0 Å². The minimum atomic E-state index is -0.893. The fourth-order valence-corrected chi connectivity index (χ4v) is 2.89. The third-order valence-electron chi connectivity index (χ3n) is 3.94. The standard InChI is InChI=1S/C16H21ClN2O3/c1-11-5-6-13(12(17)9-11)19-15(21)14(20)18-10-16(22)7-3-2-4-8-16/h5-6,9,22H,2-4,7-8,10H2,1H3,(H,18,20)(H,19,21). The van der Waals surface area contributed by atoms with Crippen molar-refractivity contribution >= 4 is 29.1 Å². The molecule has 2 rings (SSSR count). The van der Waals surface area contributed by atoms with Crippen molar-refractivity contribution in [2.24, 2.45) is 0 Å². The van der Waals surface area contributed by atoms with E-state index in [4.69, 9.17) is 11.6 Å². The molecule has 0 saturated heterocycles. The highest BCUT2D eigenvalue weighted by Gasteiger charge is 2.30. The Morgan fingerprint density at radius 1 is 1.23 bits per heavy atom. The van der Waals surface area contributed by atoms with Gasteiger partial charge < -0.3 is 15.7 Å². The number of amides is 2. The van der Waals surface area contributed by atoms with E-state index in [9.17, 15) is 14.7 Å². The molecule has 0 bridgehead atoms. The summed E-state index contributed by atoms with van der Waals surface area (Å²) in [6.45, 7) is 1.98. The van der Waals surface area contributed by atoms with Gasteiger partial charge in [-0.15, -0.1) is 0 Å². The van der Waals surface area contributed by atoms with Gasteiger partial charge in [0.05, 0.1) is 16.3 Å². The molecule has 1 aliphatic rings. The lowest BCUT2D eigenvalue weighted by molar-refractivity contribution is -0.137. The molecule has 1 aromatic rings. The molecule has 1 fully saturated rings. The minimum Gasteiger partial charge on any atom is -0.388 e. The first kappa shape index (κ1) is 16.8. The molecule has 0 unspecified atom stereocenters. The molecule has 3 N–H and O–H groups in total. The molecule has 1 aromatic carbocycles. The van der Waals surface area contributed by atoms with E-state index in [1.165, 1.54) is 0 Å². The molecule has 0 aromatic heterocycles. The number of aliphatic hydroxyl groups is 1. The van der Waals surface area contributed by atoms with Gasteiger partial charge in [-0.25, -0.2) is 0 Å². The first-order chi connectivity index (χ1) is 10.4. The van der Waals surface area contributed by atoms with E-state index >= 15 is 0 Å². The monoisotopic (exact) mass is 324 g/mol. The van der Waals surface area contributed by atoms with E-state index in [2.05, 4.69) is 10.6 Å². The molecule has 0 heterocycles. The normalized spacial score (nSPS) is 16.9. The van der Waals surface area contributed by atoms with Crippen LogP contribution in [0.2, 0.25) is 5.02 Å². The van der Waals surface area contributed by atoms with Crippen LogP contribution in [0.25, 0.3) is 0 Å². The highest BCUT2D eigenvalue weighted by atomic mass is 35.5. The van der Waals surface area contributed by atoms with Gasteiger partial charge in [-0.05, 0) is 37.5 Å². The molecule has 6 heteroatoms. The van der Waals surface area contributed by atoms with Gasteiger partial charge in [0.25, 0.3) is 0 Å². The van der Waals surface area contributed by atoms with Crippen LogP contribution in [0.3, 0.4) is 0 Å². The van der Waals surface area contributed by atoms with Crippen molar-refractivity contribution in [3.63, 3.8) is 0 Å². The van der Waals surface area contributed by atoms with Crippen molar-refractivity contribution < 1.29 is 14.7 Å². The van der Waals surface area contributed by atoms with E-state index < -0.39 is 17.4 Å². The number of anilines is 1. The zero-order valence-electron chi connectivity index (χ0n) is 12.6. The molecule has 120 valence electrons. The molecule has 22 heavy (non-hydrogen) atoms. The Bertz CT molecular complexity index is 569. The Morgan fingerprint density at radius 3 is 2.55 bits per heavy atom. The van der Waals surface area contributed by atoms with Crippen molar-refractivity contribution in [3.8, 4) is 0 Å². The number of benzene rings is 1. The van der Waals surface area contributed by atoms with E-state index in [-0.39, 0.29) is 6.54 Å². The third-order valence-corrected chi connectivity index (χ3v) is 4.25. The van der Waals surface area contributed by atoms with Crippen molar-refractivity contribution in [2.75, 3.05) is 11.9 Å². The van der Waals surface area contributed by atoms with Crippen LogP contribution in [0.5, 0.6) is 0 Å². The molecule has 0 spiro atoms. The molecule has 1 saturated carbocycles. The molecular weight excluding hydrogens is 304 g/mol. The van der Waals surface area contributed by atoms with Crippen LogP contribution in [0.1, 0.15) is 37.7 Å². The molecule has 0 radical (unpaired) electrons. The molecule has 0 aliphatic heterocycles. The van der Waals surface area contributed by atoms with Crippen LogP contribution in [0.15, 0.2) is 18.2 Å². The first-order valence-corrected chi connectivity index (χ1v) is 7.85. The van der Waals surface area contributed by atoms with E-state index in [1.807, 2.05) is 6.92 Å². The topological polar surface area (TPSA) is 78.4 Å². The van der Waals surface area contributed by atoms with Crippen molar-refractivity contribution in [2.45, 2.75) is 44.6 Å². The number of nitrogens with one attached hydrogen (secondary N) is 2. The van der Waals surface area contributed by atoms with Gasteiger partial charge in [-0.2, -0.15) is 0 Å². The lowest BCUT2D eigenvalue weighted by atomic mass is 9.85. The highest BCUT2D eigenvalue weighted by molar-refractivity contribution is 6.41. The summed E-state index contributed by atoms with van der Waals surface area (Å²) in [5.41, 5.74) is 0.464. The van der Waals surface area contributed by atoms with Gasteiger partial charge in [0.2, 0.25) is 0 Å². The summed E-state index contributed by atoms with van der Waals surface area (Å²) in [6.07, 6.45) is 4.29. The SMILES string of the molecule is Cc1ccc(NC(=O)C(=O)NCC2(O)CCCCC2)c(Cl)c1.